The van der Waals surface area contributed by atoms with E-state index in [1.54, 1.807) is 29.4 Å². The summed E-state index contributed by atoms with van der Waals surface area (Å²) >= 11 is 6.15. The van der Waals surface area contributed by atoms with Crippen LogP contribution in [0.5, 0.6) is 0 Å². The molecule has 1 fully saturated rings. The van der Waals surface area contributed by atoms with Gasteiger partial charge in [0.05, 0.1) is 27.7 Å². The third-order valence-electron chi connectivity index (χ3n) is 5.64. The molecule has 1 aliphatic heterocycles. The lowest BCUT2D eigenvalue weighted by Crippen LogP contribution is -2.49. The monoisotopic (exact) mass is 444 g/mol. The van der Waals surface area contributed by atoms with Crippen LogP contribution < -0.4 is 4.90 Å². The summed E-state index contributed by atoms with van der Waals surface area (Å²) < 4.78 is 29.8. The zero-order chi connectivity index (χ0) is 21.5. The van der Waals surface area contributed by atoms with Crippen LogP contribution in [0.25, 0.3) is 5.69 Å². The molecule has 3 aromatic rings. The van der Waals surface area contributed by atoms with Gasteiger partial charge in [-0.15, -0.1) is 0 Å². The average Bonchev–Trinajstić information content (AvgIpc) is 3.04. The lowest BCUT2D eigenvalue weighted by Gasteiger charge is -2.35. The largest absolute Gasteiger partial charge is 0.366 e. The van der Waals surface area contributed by atoms with E-state index in [9.17, 15) is 8.42 Å². The first-order valence-electron chi connectivity index (χ1n) is 9.92. The molecule has 4 rings (SSSR count). The number of aromatic nitrogens is 2. The summed E-state index contributed by atoms with van der Waals surface area (Å²) in [5.41, 5.74) is 4.69. The maximum atomic E-state index is 13.2. The molecular weight excluding hydrogens is 420 g/mol. The molecule has 0 atom stereocenters. The van der Waals surface area contributed by atoms with E-state index in [0.717, 1.165) is 22.8 Å². The summed E-state index contributed by atoms with van der Waals surface area (Å²) in [6.07, 6.45) is 0. The van der Waals surface area contributed by atoms with Crippen molar-refractivity contribution in [3.05, 3.63) is 70.5 Å². The SMILES string of the molecule is Cc1nn(-c2ccccc2)c(C)c1N1CCN(S(=O)(=O)c2cccc(Cl)c2C)CC1. The molecule has 30 heavy (non-hydrogen) atoms. The number of halogens is 1. The number of rotatable bonds is 4. The molecule has 0 bridgehead atoms. The van der Waals surface area contributed by atoms with Crippen molar-refractivity contribution < 1.29 is 8.42 Å². The Morgan fingerprint density at radius 1 is 0.900 bits per heavy atom. The topological polar surface area (TPSA) is 58.4 Å². The van der Waals surface area contributed by atoms with Gasteiger partial charge in [-0.2, -0.15) is 9.40 Å². The summed E-state index contributed by atoms with van der Waals surface area (Å²) in [4.78, 5) is 2.52. The zero-order valence-electron chi connectivity index (χ0n) is 17.3. The molecule has 2 heterocycles. The Kier molecular flexibility index (Phi) is 5.61. The Bertz CT molecular complexity index is 1170. The van der Waals surface area contributed by atoms with E-state index in [0.29, 0.717) is 36.8 Å². The number of sulfonamides is 1. The van der Waals surface area contributed by atoms with Crippen LogP contribution in [0.4, 0.5) is 5.69 Å². The third kappa shape index (κ3) is 3.62. The Morgan fingerprint density at radius 3 is 2.23 bits per heavy atom. The molecular formula is C22H25ClN4O2S. The van der Waals surface area contributed by atoms with Crippen molar-refractivity contribution in [1.29, 1.82) is 0 Å². The lowest BCUT2D eigenvalue weighted by atomic mass is 10.2. The predicted octanol–water partition coefficient (Wildman–Crippen LogP) is 3.96. The first-order valence-corrected chi connectivity index (χ1v) is 11.7. The summed E-state index contributed by atoms with van der Waals surface area (Å²) in [6.45, 7) is 7.87. The highest BCUT2D eigenvalue weighted by Gasteiger charge is 2.31. The number of anilines is 1. The van der Waals surface area contributed by atoms with Crippen LogP contribution in [0.2, 0.25) is 5.02 Å². The highest BCUT2D eigenvalue weighted by Crippen LogP contribution is 2.30. The van der Waals surface area contributed by atoms with Crippen molar-refractivity contribution in [2.45, 2.75) is 25.7 Å². The molecule has 6 nitrogen and oxygen atoms in total. The molecule has 0 aliphatic carbocycles. The molecule has 1 aliphatic rings. The average molecular weight is 445 g/mol. The molecule has 0 amide bonds. The fourth-order valence-electron chi connectivity index (χ4n) is 4.07. The summed E-state index contributed by atoms with van der Waals surface area (Å²) in [7, 11) is -3.58. The quantitative estimate of drug-likeness (QED) is 0.611. The summed E-state index contributed by atoms with van der Waals surface area (Å²) in [5.74, 6) is 0. The number of hydrogen-bond donors (Lipinski definition) is 0. The minimum atomic E-state index is -3.58. The first kappa shape index (κ1) is 20.9. The molecule has 0 saturated carbocycles. The summed E-state index contributed by atoms with van der Waals surface area (Å²) in [6, 6.07) is 15.0. The third-order valence-corrected chi connectivity index (χ3v) is 8.10. The zero-order valence-corrected chi connectivity index (χ0v) is 18.9. The molecule has 1 aromatic heterocycles. The molecule has 8 heteroatoms. The normalized spacial score (nSPS) is 15.5. The molecule has 1 saturated heterocycles. The van der Waals surface area contributed by atoms with Crippen LogP contribution in [-0.2, 0) is 10.0 Å². The van der Waals surface area contributed by atoms with Crippen molar-refractivity contribution in [2.24, 2.45) is 0 Å². The minimum absolute atomic E-state index is 0.285. The predicted molar refractivity (Wildman–Crippen MR) is 120 cm³/mol. The van der Waals surface area contributed by atoms with Gasteiger partial charge in [0.2, 0.25) is 10.0 Å². The van der Waals surface area contributed by atoms with Gasteiger partial charge >= 0.3 is 0 Å². The number of benzene rings is 2. The Labute approximate surface area is 182 Å². The second-order valence-corrected chi connectivity index (χ2v) is 9.83. The number of nitrogens with zero attached hydrogens (tertiary/aromatic N) is 4. The van der Waals surface area contributed by atoms with E-state index in [1.807, 2.05) is 41.9 Å². The van der Waals surface area contributed by atoms with Crippen LogP contribution >= 0.6 is 11.6 Å². The van der Waals surface area contributed by atoms with Crippen LogP contribution in [0.1, 0.15) is 17.0 Å². The minimum Gasteiger partial charge on any atom is -0.366 e. The molecule has 0 radical (unpaired) electrons. The number of piperazine rings is 1. The van der Waals surface area contributed by atoms with Gasteiger partial charge in [-0.3, -0.25) is 0 Å². The van der Waals surface area contributed by atoms with Gasteiger partial charge < -0.3 is 4.90 Å². The van der Waals surface area contributed by atoms with E-state index < -0.39 is 10.0 Å². The van der Waals surface area contributed by atoms with Gasteiger partial charge in [0.15, 0.2) is 0 Å². The first-order chi connectivity index (χ1) is 14.3. The van der Waals surface area contributed by atoms with Crippen molar-refractivity contribution in [1.82, 2.24) is 14.1 Å². The number of para-hydroxylation sites is 1. The van der Waals surface area contributed by atoms with E-state index in [2.05, 4.69) is 11.8 Å². The van der Waals surface area contributed by atoms with Gasteiger partial charge in [-0.1, -0.05) is 35.9 Å². The smallest absolute Gasteiger partial charge is 0.243 e. The lowest BCUT2D eigenvalue weighted by molar-refractivity contribution is 0.384. The second-order valence-electron chi connectivity index (χ2n) is 7.52. The van der Waals surface area contributed by atoms with Gasteiger partial charge in [-0.05, 0) is 50.6 Å². The molecule has 158 valence electrons. The Morgan fingerprint density at radius 2 is 1.57 bits per heavy atom. The Balaban J connectivity index is 1.56. The van der Waals surface area contributed by atoms with E-state index >= 15 is 0 Å². The maximum absolute atomic E-state index is 13.2. The Hall–Kier alpha value is -2.35. The van der Waals surface area contributed by atoms with E-state index in [4.69, 9.17) is 16.7 Å². The second kappa shape index (κ2) is 8.06. The molecule has 0 spiro atoms. The van der Waals surface area contributed by atoms with E-state index in [1.165, 1.54) is 0 Å². The van der Waals surface area contributed by atoms with Crippen molar-refractivity contribution >= 4 is 27.3 Å². The van der Waals surface area contributed by atoms with Gasteiger partial charge in [0, 0.05) is 31.2 Å². The molecule has 0 unspecified atom stereocenters. The van der Waals surface area contributed by atoms with Gasteiger partial charge in [-0.25, -0.2) is 13.1 Å². The van der Waals surface area contributed by atoms with Crippen LogP contribution in [0.15, 0.2) is 53.4 Å². The van der Waals surface area contributed by atoms with Gasteiger partial charge in [0.1, 0.15) is 0 Å². The molecule has 0 N–H and O–H groups in total. The van der Waals surface area contributed by atoms with Crippen LogP contribution in [0.3, 0.4) is 0 Å². The molecule has 2 aromatic carbocycles. The van der Waals surface area contributed by atoms with Crippen LogP contribution in [0, 0.1) is 20.8 Å². The van der Waals surface area contributed by atoms with Crippen molar-refractivity contribution in [2.75, 3.05) is 31.1 Å². The fourth-order valence-corrected chi connectivity index (χ4v) is 5.97. The fraction of sp³-hybridized carbons (Fsp3) is 0.318. The van der Waals surface area contributed by atoms with Crippen molar-refractivity contribution in [3.8, 4) is 5.69 Å². The number of aryl methyl sites for hydroxylation is 1. The van der Waals surface area contributed by atoms with Crippen molar-refractivity contribution in [3.63, 3.8) is 0 Å². The number of hydrogen-bond acceptors (Lipinski definition) is 4. The maximum Gasteiger partial charge on any atom is 0.243 e. The van der Waals surface area contributed by atoms with E-state index in [-0.39, 0.29) is 4.90 Å². The van der Waals surface area contributed by atoms with Gasteiger partial charge in [0.25, 0.3) is 0 Å². The van der Waals surface area contributed by atoms with Crippen LogP contribution in [-0.4, -0.2) is 48.7 Å². The highest BCUT2D eigenvalue weighted by molar-refractivity contribution is 7.89. The summed E-state index contributed by atoms with van der Waals surface area (Å²) in [5, 5.41) is 5.19. The highest BCUT2D eigenvalue weighted by atomic mass is 35.5. The standard InChI is InChI=1S/C22H25ClN4O2S/c1-16-20(23)10-7-11-21(16)30(28,29)26-14-12-25(13-15-26)22-17(2)24-27(18(22)3)19-8-5-4-6-9-19/h4-11H,12-15H2,1-3H3.